The highest BCUT2D eigenvalue weighted by molar-refractivity contribution is 5.69. The van der Waals surface area contributed by atoms with Crippen molar-refractivity contribution >= 4 is 6.09 Å². The zero-order chi connectivity index (χ0) is 15.9. The Morgan fingerprint density at radius 1 is 0.955 bits per heavy atom. The van der Waals surface area contributed by atoms with Gasteiger partial charge in [0.15, 0.2) is 0 Å². The normalized spacial score (nSPS) is 36.5. The number of ether oxygens (including phenoxy) is 1. The van der Waals surface area contributed by atoms with Gasteiger partial charge in [0.25, 0.3) is 0 Å². The minimum atomic E-state index is -0.423. The van der Waals surface area contributed by atoms with Crippen molar-refractivity contribution in [3.63, 3.8) is 0 Å². The van der Waals surface area contributed by atoms with Crippen LogP contribution in [-0.2, 0) is 4.74 Å². The lowest BCUT2D eigenvalue weighted by atomic mass is 9.91. The molecule has 1 N–H and O–H groups in total. The summed E-state index contributed by atoms with van der Waals surface area (Å²) in [5.41, 5.74) is -0.423. The summed E-state index contributed by atoms with van der Waals surface area (Å²) in [6.07, 6.45) is 5.97. The number of likely N-dealkylation sites (tertiary alicyclic amines) is 1. The molecule has 2 aliphatic heterocycles. The van der Waals surface area contributed by atoms with Crippen LogP contribution in [0.4, 0.5) is 4.79 Å². The lowest BCUT2D eigenvalue weighted by molar-refractivity contribution is -0.0181. The molecule has 0 aromatic rings. The van der Waals surface area contributed by atoms with Gasteiger partial charge in [-0.3, -0.25) is 9.80 Å². The number of carbonyl (C=O) groups excluding carboxylic acids is 1. The Labute approximate surface area is 133 Å². The van der Waals surface area contributed by atoms with Crippen LogP contribution in [0.2, 0.25) is 0 Å². The van der Waals surface area contributed by atoms with E-state index in [2.05, 4.69) is 4.90 Å². The van der Waals surface area contributed by atoms with Gasteiger partial charge in [-0.05, 0) is 59.3 Å². The van der Waals surface area contributed by atoms with Gasteiger partial charge >= 0.3 is 6.09 Å². The summed E-state index contributed by atoms with van der Waals surface area (Å²) in [5, 5.41) is 9.68. The monoisotopic (exact) mass is 310 g/mol. The molecular weight excluding hydrogens is 280 g/mol. The Morgan fingerprint density at radius 3 is 1.95 bits per heavy atom. The number of rotatable bonds is 1. The highest BCUT2D eigenvalue weighted by Crippen LogP contribution is 2.35. The number of hydrogen-bond donors (Lipinski definition) is 1. The average molecular weight is 310 g/mol. The number of fused-ring (bicyclic) bond motifs is 2. The summed E-state index contributed by atoms with van der Waals surface area (Å²) < 4.78 is 5.59. The van der Waals surface area contributed by atoms with Gasteiger partial charge in [-0.15, -0.1) is 0 Å². The fraction of sp³-hybridized carbons (Fsp3) is 0.941. The van der Waals surface area contributed by atoms with E-state index in [0.29, 0.717) is 18.1 Å². The third-order valence-electron chi connectivity index (χ3n) is 5.30. The second kappa shape index (κ2) is 6.00. The summed E-state index contributed by atoms with van der Waals surface area (Å²) in [6.45, 7) is 7.72. The SMILES string of the molecule is CC(C)(C)OC(=O)N1C2CCC1CN(C1CCC(O)CC1)C2. The van der Waals surface area contributed by atoms with Crippen molar-refractivity contribution in [2.24, 2.45) is 0 Å². The highest BCUT2D eigenvalue weighted by Gasteiger charge is 2.45. The molecule has 126 valence electrons. The summed E-state index contributed by atoms with van der Waals surface area (Å²) in [5.74, 6) is 0. The Kier molecular flexibility index (Phi) is 4.38. The smallest absolute Gasteiger partial charge is 0.410 e. The molecular formula is C17H30N2O3. The summed E-state index contributed by atoms with van der Waals surface area (Å²) >= 11 is 0. The van der Waals surface area contributed by atoms with Crippen molar-refractivity contribution in [2.45, 2.75) is 89.1 Å². The van der Waals surface area contributed by atoms with Crippen LogP contribution in [-0.4, -0.2) is 63.9 Å². The zero-order valence-electron chi connectivity index (χ0n) is 14.1. The Balaban J connectivity index is 1.60. The number of piperazine rings is 1. The van der Waals surface area contributed by atoms with Crippen LogP contribution in [0.5, 0.6) is 0 Å². The van der Waals surface area contributed by atoms with Crippen molar-refractivity contribution in [1.29, 1.82) is 0 Å². The molecule has 2 bridgehead atoms. The van der Waals surface area contributed by atoms with E-state index in [4.69, 9.17) is 4.74 Å². The maximum atomic E-state index is 12.5. The fourth-order valence-electron chi connectivity index (χ4n) is 4.27. The Morgan fingerprint density at radius 2 is 1.45 bits per heavy atom. The van der Waals surface area contributed by atoms with Crippen LogP contribution in [0.3, 0.4) is 0 Å². The van der Waals surface area contributed by atoms with E-state index in [1.807, 2.05) is 25.7 Å². The van der Waals surface area contributed by atoms with E-state index in [1.54, 1.807) is 0 Å². The number of carbonyl (C=O) groups is 1. The first-order valence-electron chi connectivity index (χ1n) is 8.77. The topological polar surface area (TPSA) is 53.0 Å². The Bertz CT molecular complexity index is 399. The number of amides is 1. The van der Waals surface area contributed by atoms with Crippen LogP contribution >= 0.6 is 0 Å². The molecule has 22 heavy (non-hydrogen) atoms. The molecule has 3 aliphatic rings. The van der Waals surface area contributed by atoms with Crippen LogP contribution in [0.1, 0.15) is 59.3 Å². The van der Waals surface area contributed by atoms with Gasteiger partial charge in [0, 0.05) is 31.2 Å². The van der Waals surface area contributed by atoms with E-state index >= 15 is 0 Å². The van der Waals surface area contributed by atoms with Crippen molar-refractivity contribution < 1.29 is 14.6 Å². The van der Waals surface area contributed by atoms with Crippen LogP contribution in [0.15, 0.2) is 0 Å². The Hall–Kier alpha value is -0.810. The maximum Gasteiger partial charge on any atom is 0.410 e. The van der Waals surface area contributed by atoms with E-state index in [1.165, 1.54) is 0 Å². The lowest BCUT2D eigenvalue weighted by Crippen LogP contribution is -2.59. The van der Waals surface area contributed by atoms with E-state index < -0.39 is 5.60 Å². The first kappa shape index (κ1) is 16.1. The number of aliphatic hydroxyl groups excluding tert-OH is 1. The number of hydrogen-bond acceptors (Lipinski definition) is 4. The molecule has 3 rings (SSSR count). The fourth-order valence-corrected chi connectivity index (χ4v) is 4.27. The van der Waals surface area contributed by atoms with Gasteiger partial charge in [-0.25, -0.2) is 4.79 Å². The first-order valence-corrected chi connectivity index (χ1v) is 8.77. The molecule has 2 heterocycles. The van der Waals surface area contributed by atoms with Crippen molar-refractivity contribution in [3.8, 4) is 0 Å². The van der Waals surface area contributed by atoms with E-state index in [9.17, 15) is 9.90 Å². The van der Waals surface area contributed by atoms with Gasteiger partial charge in [0.1, 0.15) is 5.60 Å². The zero-order valence-corrected chi connectivity index (χ0v) is 14.1. The van der Waals surface area contributed by atoms with Gasteiger partial charge in [0.05, 0.1) is 6.10 Å². The maximum absolute atomic E-state index is 12.5. The van der Waals surface area contributed by atoms with Gasteiger partial charge in [-0.1, -0.05) is 0 Å². The predicted molar refractivity (Wildman–Crippen MR) is 84.7 cm³/mol. The molecule has 0 radical (unpaired) electrons. The van der Waals surface area contributed by atoms with Gasteiger partial charge < -0.3 is 9.84 Å². The molecule has 2 atom stereocenters. The molecule has 0 aromatic carbocycles. The molecule has 2 saturated heterocycles. The lowest BCUT2D eigenvalue weighted by Gasteiger charge is -2.45. The highest BCUT2D eigenvalue weighted by atomic mass is 16.6. The molecule has 5 heteroatoms. The average Bonchev–Trinajstić information content (AvgIpc) is 2.69. The minimum Gasteiger partial charge on any atom is -0.444 e. The van der Waals surface area contributed by atoms with Crippen LogP contribution in [0.25, 0.3) is 0 Å². The van der Waals surface area contributed by atoms with E-state index in [0.717, 1.165) is 51.6 Å². The molecule has 0 aromatic heterocycles. The van der Waals surface area contributed by atoms with Gasteiger partial charge in [-0.2, -0.15) is 0 Å². The minimum absolute atomic E-state index is 0.101. The molecule has 1 amide bonds. The van der Waals surface area contributed by atoms with Crippen molar-refractivity contribution in [3.05, 3.63) is 0 Å². The third-order valence-corrected chi connectivity index (χ3v) is 5.30. The number of nitrogens with zero attached hydrogens (tertiary/aromatic N) is 2. The molecule has 3 fully saturated rings. The van der Waals surface area contributed by atoms with Crippen molar-refractivity contribution in [1.82, 2.24) is 9.80 Å². The molecule has 1 aliphatic carbocycles. The van der Waals surface area contributed by atoms with Gasteiger partial charge in [0.2, 0.25) is 0 Å². The second-order valence-corrected chi connectivity index (χ2v) is 8.19. The largest absolute Gasteiger partial charge is 0.444 e. The second-order valence-electron chi connectivity index (χ2n) is 8.19. The molecule has 5 nitrogen and oxygen atoms in total. The van der Waals surface area contributed by atoms with Crippen LogP contribution in [0, 0.1) is 0 Å². The summed E-state index contributed by atoms with van der Waals surface area (Å²) in [7, 11) is 0. The molecule has 0 spiro atoms. The number of aliphatic hydroxyl groups is 1. The van der Waals surface area contributed by atoms with Crippen molar-refractivity contribution in [2.75, 3.05) is 13.1 Å². The standard InChI is InChI=1S/C17H30N2O3/c1-17(2,3)22-16(21)19-13-4-5-14(19)11-18(10-13)12-6-8-15(20)9-7-12/h12-15,20H,4-11H2,1-3H3. The molecule has 1 saturated carbocycles. The van der Waals surface area contributed by atoms with E-state index in [-0.39, 0.29) is 12.2 Å². The van der Waals surface area contributed by atoms with Crippen LogP contribution < -0.4 is 0 Å². The third kappa shape index (κ3) is 3.40. The molecule has 2 unspecified atom stereocenters. The summed E-state index contributed by atoms with van der Waals surface area (Å²) in [6, 6.07) is 1.20. The first-order chi connectivity index (χ1) is 10.3. The predicted octanol–water partition coefficient (Wildman–Crippen LogP) is 2.37. The quantitative estimate of drug-likeness (QED) is 0.808. The summed E-state index contributed by atoms with van der Waals surface area (Å²) in [4.78, 5) is 17.0.